The second-order valence-electron chi connectivity index (χ2n) is 7.02. The molecule has 4 heterocycles. The van der Waals surface area contributed by atoms with E-state index in [9.17, 15) is 18.6 Å². The Balaban J connectivity index is 1.67. The zero-order valence-corrected chi connectivity index (χ0v) is 16.4. The molecular weight excluding hydrogens is 396 g/mol. The third-order valence-electron chi connectivity index (χ3n) is 5.10. The molecule has 3 aromatic heterocycles. The predicted molar refractivity (Wildman–Crippen MR) is 104 cm³/mol. The minimum Gasteiger partial charge on any atom is -0.262 e. The Labute approximate surface area is 166 Å². The van der Waals surface area contributed by atoms with E-state index in [1.54, 1.807) is 23.1 Å². The number of hydrogen-bond donors (Lipinski definition) is 0. The molecule has 0 radical (unpaired) electrons. The fourth-order valence-corrected chi connectivity index (χ4v) is 5.27. The van der Waals surface area contributed by atoms with Gasteiger partial charge in [-0.2, -0.15) is 19.3 Å². The first-order valence-corrected chi connectivity index (χ1v) is 10.6. The van der Waals surface area contributed by atoms with Crippen LogP contribution in [-0.2, 0) is 15.6 Å². The third kappa shape index (κ3) is 3.08. The molecule has 0 unspecified atom stereocenters. The number of nitroso groups, excluding NO2 is 1. The molecule has 12 heteroatoms. The zero-order valence-electron chi connectivity index (χ0n) is 15.6. The van der Waals surface area contributed by atoms with Gasteiger partial charge < -0.3 is 0 Å². The minimum absolute atomic E-state index is 0.0840. The average molecular weight is 414 g/mol. The van der Waals surface area contributed by atoms with Crippen LogP contribution in [0.15, 0.2) is 36.3 Å². The van der Waals surface area contributed by atoms with Gasteiger partial charge in [0.2, 0.25) is 10.0 Å². The minimum atomic E-state index is -3.33. The van der Waals surface area contributed by atoms with Crippen molar-refractivity contribution in [3.63, 3.8) is 0 Å². The van der Waals surface area contributed by atoms with Crippen LogP contribution in [-0.4, -0.2) is 56.0 Å². The summed E-state index contributed by atoms with van der Waals surface area (Å²) in [6, 6.07) is 3.84. The molecule has 1 saturated heterocycles. The largest absolute Gasteiger partial charge is 0.262 e. The van der Waals surface area contributed by atoms with Gasteiger partial charge in [0.1, 0.15) is 11.9 Å². The van der Waals surface area contributed by atoms with Crippen LogP contribution in [0, 0.1) is 16.2 Å². The van der Waals surface area contributed by atoms with E-state index in [0.717, 1.165) is 4.68 Å². The van der Waals surface area contributed by atoms with Crippen molar-refractivity contribution in [3.8, 4) is 17.3 Å². The van der Waals surface area contributed by atoms with E-state index in [-0.39, 0.29) is 25.3 Å². The number of aromatic nitrogens is 5. The summed E-state index contributed by atoms with van der Waals surface area (Å²) in [6.07, 6.45) is 6.86. The molecule has 1 aliphatic heterocycles. The number of fused-ring (bicyclic) bond motifs is 1. The molecule has 3 aromatic rings. The molecule has 1 fully saturated rings. The maximum absolute atomic E-state index is 12.3. The van der Waals surface area contributed by atoms with E-state index in [1.165, 1.54) is 16.8 Å². The van der Waals surface area contributed by atoms with Crippen LogP contribution in [0.1, 0.15) is 19.8 Å². The Hall–Kier alpha value is -3.17. The third-order valence-corrected chi connectivity index (χ3v) is 7.07. The lowest BCUT2D eigenvalue weighted by Crippen LogP contribution is -2.64. The van der Waals surface area contributed by atoms with Crippen molar-refractivity contribution >= 4 is 21.1 Å². The summed E-state index contributed by atoms with van der Waals surface area (Å²) >= 11 is 0. The predicted octanol–water partition coefficient (Wildman–Crippen LogP) is 1.49. The van der Waals surface area contributed by atoms with Crippen molar-refractivity contribution in [2.24, 2.45) is 5.29 Å². The lowest BCUT2D eigenvalue weighted by Gasteiger charge is -2.47. The molecule has 0 atom stereocenters. The maximum Gasteiger partial charge on any atom is 0.214 e. The first-order chi connectivity index (χ1) is 13.9. The number of nitrogens with zero attached hydrogens (tertiary/aromatic N) is 8. The van der Waals surface area contributed by atoms with Crippen molar-refractivity contribution in [2.75, 3.05) is 18.8 Å². The highest BCUT2D eigenvalue weighted by molar-refractivity contribution is 7.89. The average Bonchev–Trinajstić information content (AvgIpc) is 3.31. The first-order valence-electron chi connectivity index (χ1n) is 9.00. The van der Waals surface area contributed by atoms with E-state index in [0.29, 0.717) is 28.7 Å². The SMILES string of the molecule is CCCS(=O)(=O)N1CC(CC#N)(n2cc(-c3ncnc4c3ccn4N=O)cn2)C1. The van der Waals surface area contributed by atoms with Crippen molar-refractivity contribution in [1.29, 1.82) is 5.26 Å². The van der Waals surface area contributed by atoms with E-state index in [2.05, 4.69) is 26.4 Å². The van der Waals surface area contributed by atoms with Crippen molar-refractivity contribution in [1.82, 2.24) is 28.7 Å². The normalized spacial score (nSPS) is 16.4. The fourth-order valence-electron chi connectivity index (χ4n) is 3.62. The van der Waals surface area contributed by atoms with Gasteiger partial charge in [0.25, 0.3) is 0 Å². The molecule has 29 heavy (non-hydrogen) atoms. The highest BCUT2D eigenvalue weighted by atomic mass is 32.2. The van der Waals surface area contributed by atoms with Crippen LogP contribution in [0.3, 0.4) is 0 Å². The van der Waals surface area contributed by atoms with Crippen LogP contribution in [0.25, 0.3) is 22.3 Å². The number of nitriles is 1. The molecule has 0 bridgehead atoms. The zero-order chi connectivity index (χ0) is 20.6. The summed E-state index contributed by atoms with van der Waals surface area (Å²) in [5, 5.41) is 17.2. The molecule has 0 amide bonds. The van der Waals surface area contributed by atoms with E-state index in [1.807, 2.05) is 6.92 Å². The summed E-state index contributed by atoms with van der Waals surface area (Å²) in [6.45, 7) is 2.22. The molecule has 0 aliphatic carbocycles. The van der Waals surface area contributed by atoms with E-state index >= 15 is 0 Å². The number of hydrogen-bond acceptors (Lipinski definition) is 8. The molecule has 0 aromatic carbocycles. The molecule has 11 nitrogen and oxygen atoms in total. The number of sulfonamides is 1. The molecule has 150 valence electrons. The molecule has 0 N–H and O–H groups in total. The quantitative estimate of drug-likeness (QED) is 0.534. The van der Waals surface area contributed by atoms with Crippen LogP contribution in [0.4, 0.5) is 0 Å². The Morgan fingerprint density at radius 3 is 2.83 bits per heavy atom. The van der Waals surface area contributed by atoms with Gasteiger partial charge >= 0.3 is 0 Å². The van der Waals surface area contributed by atoms with Gasteiger partial charge in [-0.25, -0.2) is 18.4 Å². The highest BCUT2D eigenvalue weighted by Gasteiger charge is 2.49. The van der Waals surface area contributed by atoms with Crippen LogP contribution in [0.2, 0.25) is 0 Å². The molecular formula is C17H18N8O3S. The second kappa shape index (κ2) is 7.02. The fraction of sp³-hybridized carbons (Fsp3) is 0.412. The van der Waals surface area contributed by atoms with Gasteiger partial charge in [0.05, 0.1) is 35.4 Å². The standard InChI is InChI=1S/C17H18N8O3S/c1-2-7-29(27,28)23-10-17(11-23,4-5-18)25-9-13(8-21-25)15-14-3-6-24(22-26)16(14)20-12-19-15/h3,6,8-9,12H,2,4,7,10-11H2,1H3. The van der Waals surface area contributed by atoms with Crippen LogP contribution < -0.4 is 0 Å². The molecule has 0 saturated carbocycles. The topological polar surface area (TPSA) is 139 Å². The Morgan fingerprint density at radius 2 is 2.14 bits per heavy atom. The van der Waals surface area contributed by atoms with Crippen LogP contribution in [0.5, 0.6) is 0 Å². The Morgan fingerprint density at radius 1 is 1.34 bits per heavy atom. The molecule has 4 rings (SSSR count). The molecule has 0 spiro atoms. The monoisotopic (exact) mass is 414 g/mol. The van der Waals surface area contributed by atoms with Gasteiger partial charge in [-0.15, -0.1) is 4.91 Å². The second-order valence-corrected chi connectivity index (χ2v) is 9.11. The summed E-state index contributed by atoms with van der Waals surface area (Å²) in [7, 11) is -3.33. The summed E-state index contributed by atoms with van der Waals surface area (Å²) in [4.78, 5) is 19.3. The lowest BCUT2D eigenvalue weighted by molar-refractivity contribution is 0.0718. The summed E-state index contributed by atoms with van der Waals surface area (Å²) in [5.41, 5.74) is 0.916. The summed E-state index contributed by atoms with van der Waals surface area (Å²) in [5.74, 6) is 0.0840. The Kier molecular flexibility index (Phi) is 4.64. The van der Waals surface area contributed by atoms with Gasteiger partial charge in [0.15, 0.2) is 5.65 Å². The maximum atomic E-state index is 12.3. The van der Waals surface area contributed by atoms with Crippen molar-refractivity contribution in [2.45, 2.75) is 25.3 Å². The van der Waals surface area contributed by atoms with E-state index < -0.39 is 15.6 Å². The molecule has 1 aliphatic rings. The van der Waals surface area contributed by atoms with Crippen molar-refractivity contribution < 1.29 is 8.42 Å². The van der Waals surface area contributed by atoms with Gasteiger partial charge in [-0.3, -0.25) is 4.68 Å². The van der Waals surface area contributed by atoms with Gasteiger partial charge in [0, 0.05) is 36.4 Å². The lowest BCUT2D eigenvalue weighted by atomic mass is 9.89. The summed E-state index contributed by atoms with van der Waals surface area (Å²) < 4.78 is 28.8. The smallest absolute Gasteiger partial charge is 0.214 e. The van der Waals surface area contributed by atoms with Crippen molar-refractivity contribution in [3.05, 3.63) is 35.9 Å². The van der Waals surface area contributed by atoms with Crippen LogP contribution >= 0.6 is 0 Å². The number of rotatable bonds is 7. The van der Waals surface area contributed by atoms with E-state index in [4.69, 9.17) is 0 Å². The Bertz CT molecular complexity index is 1220. The van der Waals surface area contributed by atoms with Gasteiger partial charge in [-0.1, -0.05) is 6.92 Å². The first kappa shape index (κ1) is 19.2. The van der Waals surface area contributed by atoms with Gasteiger partial charge in [-0.05, 0) is 12.5 Å². The highest BCUT2D eigenvalue weighted by Crippen LogP contribution is 2.36.